The van der Waals surface area contributed by atoms with E-state index in [1.807, 2.05) is 28.7 Å². The molecular formula is C27H20ClN7O. The Morgan fingerprint density at radius 1 is 1.14 bits per heavy atom. The highest BCUT2D eigenvalue weighted by Gasteiger charge is 2.25. The molecule has 36 heavy (non-hydrogen) atoms. The molecule has 1 aliphatic carbocycles. The second-order valence-electron chi connectivity index (χ2n) is 8.73. The Labute approximate surface area is 211 Å². The second-order valence-corrected chi connectivity index (χ2v) is 9.14. The highest BCUT2D eigenvalue weighted by atomic mass is 35.5. The fourth-order valence-corrected chi connectivity index (χ4v) is 4.43. The lowest BCUT2D eigenvalue weighted by Crippen LogP contribution is -2.25. The first-order chi connectivity index (χ1) is 17.6. The summed E-state index contributed by atoms with van der Waals surface area (Å²) in [6, 6.07) is 17.1. The third kappa shape index (κ3) is 4.10. The van der Waals surface area contributed by atoms with E-state index in [1.165, 1.54) is 0 Å². The SMILES string of the molecule is N#Cc1ccc2c(c1)nc(NCc1ccncc1)c1ncc(-c3ccc(C(=O)NC4CC4)c(Cl)c3)n12. The molecule has 0 atom stereocenters. The number of amides is 1. The molecular weight excluding hydrogens is 474 g/mol. The number of hydrogen-bond acceptors (Lipinski definition) is 6. The van der Waals surface area contributed by atoms with Gasteiger partial charge in [-0.3, -0.25) is 14.2 Å². The molecule has 0 saturated heterocycles. The minimum atomic E-state index is -0.159. The molecule has 2 N–H and O–H groups in total. The van der Waals surface area contributed by atoms with E-state index >= 15 is 0 Å². The van der Waals surface area contributed by atoms with Crippen molar-refractivity contribution in [1.29, 1.82) is 5.26 Å². The molecule has 176 valence electrons. The smallest absolute Gasteiger partial charge is 0.253 e. The van der Waals surface area contributed by atoms with Crippen molar-refractivity contribution in [3.05, 3.63) is 88.8 Å². The van der Waals surface area contributed by atoms with Crippen LogP contribution in [0.3, 0.4) is 0 Å². The van der Waals surface area contributed by atoms with E-state index in [1.54, 1.807) is 42.9 Å². The highest BCUT2D eigenvalue weighted by Crippen LogP contribution is 2.32. The van der Waals surface area contributed by atoms with Crippen LogP contribution in [-0.4, -0.2) is 31.3 Å². The summed E-state index contributed by atoms with van der Waals surface area (Å²) >= 11 is 6.55. The van der Waals surface area contributed by atoms with Gasteiger partial charge in [0.25, 0.3) is 5.91 Å². The molecule has 9 heteroatoms. The minimum absolute atomic E-state index is 0.159. The van der Waals surface area contributed by atoms with Crippen molar-refractivity contribution in [3.63, 3.8) is 0 Å². The number of carbonyl (C=O) groups is 1. The van der Waals surface area contributed by atoms with Crippen LogP contribution in [0.5, 0.6) is 0 Å². The Hall–Kier alpha value is -4.48. The summed E-state index contributed by atoms with van der Waals surface area (Å²) in [6.45, 7) is 0.535. The van der Waals surface area contributed by atoms with E-state index in [0.717, 1.165) is 35.2 Å². The molecule has 8 nitrogen and oxygen atoms in total. The van der Waals surface area contributed by atoms with Gasteiger partial charge in [-0.1, -0.05) is 17.7 Å². The van der Waals surface area contributed by atoms with E-state index in [-0.39, 0.29) is 11.9 Å². The van der Waals surface area contributed by atoms with Crippen LogP contribution in [0.15, 0.2) is 67.1 Å². The van der Waals surface area contributed by atoms with Crippen molar-refractivity contribution in [1.82, 2.24) is 24.7 Å². The predicted octanol–water partition coefficient (Wildman–Crippen LogP) is 4.97. The molecule has 0 spiro atoms. The van der Waals surface area contributed by atoms with Gasteiger partial charge in [0, 0.05) is 30.5 Å². The summed E-state index contributed by atoms with van der Waals surface area (Å²) < 4.78 is 1.99. The lowest BCUT2D eigenvalue weighted by atomic mass is 10.1. The maximum atomic E-state index is 12.5. The Kier molecular flexibility index (Phi) is 5.47. The van der Waals surface area contributed by atoms with Crippen LogP contribution in [0.4, 0.5) is 5.82 Å². The topological polar surface area (TPSA) is 108 Å². The Bertz CT molecular complexity index is 1670. The zero-order chi connectivity index (χ0) is 24.6. The Balaban J connectivity index is 1.46. The van der Waals surface area contributed by atoms with Gasteiger partial charge >= 0.3 is 0 Å². The highest BCUT2D eigenvalue weighted by molar-refractivity contribution is 6.34. The van der Waals surface area contributed by atoms with Crippen LogP contribution in [0.25, 0.3) is 27.9 Å². The summed E-state index contributed by atoms with van der Waals surface area (Å²) in [4.78, 5) is 26.1. The van der Waals surface area contributed by atoms with Gasteiger partial charge in [0.2, 0.25) is 0 Å². The van der Waals surface area contributed by atoms with Crippen LogP contribution >= 0.6 is 11.6 Å². The molecule has 5 aromatic rings. The first-order valence-electron chi connectivity index (χ1n) is 11.6. The van der Waals surface area contributed by atoms with Gasteiger partial charge in [-0.05, 0) is 60.9 Å². The number of imidazole rings is 1. The van der Waals surface area contributed by atoms with Gasteiger partial charge in [0.1, 0.15) is 0 Å². The maximum absolute atomic E-state index is 12.5. The van der Waals surface area contributed by atoms with Gasteiger partial charge in [-0.2, -0.15) is 5.26 Å². The first kappa shape index (κ1) is 22.0. The molecule has 1 aliphatic rings. The average molecular weight is 494 g/mol. The van der Waals surface area contributed by atoms with Crippen molar-refractivity contribution in [2.75, 3.05) is 5.32 Å². The van der Waals surface area contributed by atoms with Crippen molar-refractivity contribution in [2.24, 2.45) is 0 Å². The summed E-state index contributed by atoms with van der Waals surface area (Å²) in [5, 5.41) is 16.1. The van der Waals surface area contributed by atoms with Crippen LogP contribution in [0, 0.1) is 11.3 Å². The normalized spacial score (nSPS) is 13.0. The number of fused-ring (bicyclic) bond motifs is 3. The van der Waals surface area contributed by atoms with E-state index in [4.69, 9.17) is 16.6 Å². The van der Waals surface area contributed by atoms with Crippen molar-refractivity contribution in [2.45, 2.75) is 25.4 Å². The molecule has 1 saturated carbocycles. The lowest BCUT2D eigenvalue weighted by molar-refractivity contribution is 0.0951. The number of halogens is 1. The van der Waals surface area contributed by atoms with E-state index < -0.39 is 0 Å². The minimum Gasteiger partial charge on any atom is -0.363 e. The fourth-order valence-electron chi connectivity index (χ4n) is 4.16. The number of hydrogen-bond donors (Lipinski definition) is 2. The molecule has 6 rings (SSSR count). The van der Waals surface area contributed by atoms with Crippen LogP contribution in [0.2, 0.25) is 5.02 Å². The quantitative estimate of drug-likeness (QED) is 0.345. The first-order valence-corrected chi connectivity index (χ1v) is 11.9. The molecule has 3 heterocycles. The second kappa shape index (κ2) is 8.95. The standard InChI is InChI=1S/C27H20ClN7O/c28-21-12-18(2-5-20(21)27(36)33-19-3-4-19)24-15-32-26-25(31-14-16-7-9-30-10-8-16)34-22-11-17(13-29)1-6-23(22)35(24)26/h1-2,5-12,15,19H,3-4,14H2,(H,31,34)(H,33,36). The zero-order valence-electron chi connectivity index (χ0n) is 19.1. The van der Waals surface area contributed by atoms with E-state index in [2.05, 4.69) is 26.7 Å². The average Bonchev–Trinajstić information content (AvgIpc) is 3.60. The monoisotopic (exact) mass is 493 g/mol. The third-order valence-electron chi connectivity index (χ3n) is 6.18. The van der Waals surface area contributed by atoms with Gasteiger partial charge in [0.15, 0.2) is 11.5 Å². The number of nitriles is 1. The van der Waals surface area contributed by atoms with Crippen molar-refractivity contribution < 1.29 is 4.79 Å². The van der Waals surface area contributed by atoms with Gasteiger partial charge in [-0.15, -0.1) is 0 Å². The summed E-state index contributed by atoms with van der Waals surface area (Å²) in [5.74, 6) is 0.431. The summed E-state index contributed by atoms with van der Waals surface area (Å²) in [6.07, 6.45) is 7.27. The molecule has 3 aromatic heterocycles. The van der Waals surface area contributed by atoms with Crippen LogP contribution in [0.1, 0.15) is 34.3 Å². The van der Waals surface area contributed by atoms with Gasteiger partial charge in [0.05, 0.1) is 45.1 Å². The van der Waals surface area contributed by atoms with E-state index in [0.29, 0.717) is 39.7 Å². The molecule has 0 radical (unpaired) electrons. The largest absolute Gasteiger partial charge is 0.363 e. The maximum Gasteiger partial charge on any atom is 0.253 e. The summed E-state index contributed by atoms with van der Waals surface area (Å²) in [7, 11) is 0. The number of anilines is 1. The lowest BCUT2D eigenvalue weighted by Gasteiger charge is -2.12. The number of nitrogens with one attached hydrogen (secondary N) is 2. The molecule has 0 bridgehead atoms. The van der Waals surface area contributed by atoms with Crippen LogP contribution in [-0.2, 0) is 6.54 Å². The Morgan fingerprint density at radius 3 is 2.72 bits per heavy atom. The van der Waals surface area contributed by atoms with Gasteiger partial charge in [-0.25, -0.2) is 9.97 Å². The molecule has 0 unspecified atom stereocenters. The number of nitrogens with zero attached hydrogens (tertiary/aromatic N) is 5. The zero-order valence-corrected chi connectivity index (χ0v) is 19.8. The molecule has 2 aromatic carbocycles. The van der Waals surface area contributed by atoms with Crippen molar-refractivity contribution in [3.8, 4) is 17.3 Å². The van der Waals surface area contributed by atoms with Gasteiger partial charge < -0.3 is 10.6 Å². The summed E-state index contributed by atoms with van der Waals surface area (Å²) in [5.41, 5.74) is 5.73. The molecule has 0 aliphatic heterocycles. The van der Waals surface area contributed by atoms with Crippen LogP contribution < -0.4 is 10.6 Å². The molecule has 1 fully saturated rings. The van der Waals surface area contributed by atoms with Crippen molar-refractivity contribution >= 4 is 40.0 Å². The third-order valence-corrected chi connectivity index (χ3v) is 6.50. The number of rotatable bonds is 6. The number of carbonyl (C=O) groups excluding carboxylic acids is 1. The fraction of sp³-hybridized carbons (Fsp3) is 0.148. The Morgan fingerprint density at radius 2 is 1.97 bits per heavy atom. The predicted molar refractivity (Wildman–Crippen MR) is 138 cm³/mol. The number of benzene rings is 2. The van der Waals surface area contributed by atoms with E-state index in [9.17, 15) is 10.1 Å². The number of aromatic nitrogens is 4. The number of pyridine rings is 1. The molecule has 1 amide bonds.